The Balaban J connectivity index is 1.56. The van der Waals surface area contributed by atoms with Gasteiger partial charge in [0.1, 0.15) is 12.3 Å². The number of hydrogen-bond donors (Lipinski definition) is 1. The van der Waals surface area contributed by atoms with E-state index in [4.69, 9.17) is 4.74 Å². The van der Waals surface area contributed by atoms with Crippen LogP contribution in [-0.2, 0) is 24.8 Å². The number of amides is 1. The molecule has 0 aliphatic carbocycles. The standard InChI is InChI=1S/C24H23N3O3/c1-26-20-10-6-7-11-21(20)27(24(26)29)16-23(28)25-19-12-13-22(30-2)18(15-19)14-17-8-4-3-5-9-17/h3-13,15H,14,16H2,1-2H3,(H,25,28). The number of carbonyl (C=O) groups excluding carboxylic acids is 1. The second-order valence-electron chi connectivity index (χ2n) is 7.15. The van der Waals surface area contributed by atoms with Crippen LogP contribution in [-0.4, -0.2) is 22.2 Å². The molecule has 6 nitrogen and oxygen atoms in total. The van der Waals surface area contributed by atoms with Gasteiger partial charge in [-0.1, -0.05) is 42.5 Å². The molecular weight excluding hydrogens is 378 g/mol. The quantitative estimate of drug-likeness (QED) is 0.537. The fraction of sp³-hybridized carbons (Fsp3) is 0.167. The molecule has 1 amide bonds. The van der Waals surface area contributed by atoms with Gasteiger partial charge in [-0.05, 0) is 35.9 Å². The first-order valence-corrected chi connectivity index (χ1v) is 9.72. The Morgan fingerprint density at radius 2 is 1.67 bits per heavy atom. The molecule has 0 atom stereocenters. The lowest BCUT2D eigenvalue weighted by molar-refractivity contribution is -0.116. The topological polar surface area (TPSA) is 65.3 Å². The molecule has 4 aromatic rings. The number of imidazole rings is 1. The number of hydrogen-bond acceptors (Lipinski definition) is 3. The molecule has 30 heavy (non-hydrogen) atoms. The summed E-state index contributed by atoms with van der Waals surface area (Å²) in [5.41, 5.74) is 4.11. The van der Waals surface area contributed by atoms with Crippen LogP contribution in [0.15, 0.2) is 77.6 Å². The lowest BCUT2D eigenvalue weighted by atomic mass is 10.0. The fourth-order valence-electron chi connectivity index (χ4n) is 3.67. The number of nitrogens with one attached hydrogen (secondary N) is 1. The first-order chi connectivity index (χ1) is 14.6. The maximum Gasteiger partial charge on any atom is 0.329 e. The number of carbonyl (C=O) groups is 1. The predicted octanol–water partition coefficient (Wildman–Crippen LogP) is 3.58. The first kappa shape index (κ1) is 19.5. The summed E-state index contributed by atoms with van der Waals surface area (Å²) in [6, 6.07) is 23.1. The number of benzene rings is 3. The van der Waals surface area contributed by atoms with Gasteiger partial charge in [-0.3, -0.25) is 13.9 Å². The summed E-state index contributed by atoms with van der Waals surface area (Å²) in [5.74, 6) is 0.506. The van der Waals surface area contributed by atoms with E-state index in [9.17, 15) is 9.59 Å². The molecule has 0 aliphatic heterocycles. The lowest BCUT2D eigenvalue weighted by Crippen LogP contribution is -2.28. The number of nitrogens with zero attached hydrogens (tertiary/aromatic N) is 2. The van der Waals surface area contributed by atoms with Gasteiger partial charge in [-0.2, -0.15) is 0 Å². The highest BCUT2D eigenvalue weighted by Gasteiger charge is 2.14. The summed E-state index contributed by atoms with van der Waals surface area (Å²) < 4.78 is 8.51. The summed E-state index contributed by atoms with van der Waals surface area (Å²) in [6.45, 7) is -0.0553. The number of ether oxygens (including phenoxy) is 1. The van der Waals surface area contributed by atoms with Crippen LogP contribution >= 0.6 is 0 Å². The highest BCUT2D eigenvalue weighted by molar-refractivity contribution is 5.91. The molecule has 0 unspecified atom stereocenters. The van der Waals surface area contributed by atoms with Crippen LogP contribution in [0, 0.1) is 0 Å². The van der Waals surface area contributed by atoms with Crippen LogP contribution in [0.25, 0.3) is 11.0 Å². The SMILES string of the molecule is COc1ccc(NC(=O)Cn2c(=O)n(C)c3ccccc32)cc1Cc1ccccc1. The Hall–Kier alpha value is -3.80. The molecule has 6 heteroatoms. The molecule has 1 aromatic heterocycles. The van der Waals surface area contributed by atoms with E-state index in [0.717, 1.165) is 27.9 Å². The minimum absolute atomic E-state index is 0.0553. The average molecular weight is 401 g/mol. The highest BCUT2D eigenvalue weighted by Crippen LogP contribution is 2.25. The number of fused-ring (bicyclic) bond motifs is 1. The summed E-state index contributed by atoms with van der Waals surface area (Å²) in [6.07, 6.45) is 0.691. The Morgan fingerprint density at radius 1 is 0.967 bits per heavy atom. The summed E-state index contributed by atoms with van der Waals surface area (Å²) in [7, 11) is 3.34. The maximum atomic E-state index is 12.7. The molecule has 152 valence electrons. The van der Waals surface area contributed by atoms with Gasteiger partial charge < -0.3 is 10.1 Å². The van der Waals surface area contributed by atoms with E-state index in [2.05, 4.69) is 17.4 Å². The van der Waals surface area contributed by atoms with E-state index in [-0.39, 0.29) is 18.1 Å². The van der Waals surface area contributed by atoms with Gasteiger partial charge in [0, 0.05) is 24.7 Å². The molecule has 0 radical (unpaired) electrons. The average Bonchev–Trinajstić information content (AvgIpc) is 3.00. The van der Waals surface area contributed by atoms with Crippen molar-refractivity contribution in [2.45, 2.75) is 13.0 Å². The Morgan fingerprint density at radius 3 is 2.40 bits per heavy atom. The van der Waals surface area contributed by atoms with Crippen molar-refractivity contribution >= 4 is 22.6 Å². The van der Waals surface area contributed by atoms with E-state index >= 15 is 0 Å². The van der Waals surface area contributed by atoms with Crippen molar-refractivity contribution in [1.29, 1.82) is 0 Å². The van der Waals surface area contributed by atoms with E-state index in [1.807, 2.05) is 54.6 Å². The van der Waals surface area contributed by atoms with Gasteiger partial charge in [0.25, 0.3) is 0 Å². The molecule has 0 spiro atoms. The zero-order valence-electron chi connectivity index (χ0n) is 17.0. The molecule has 0 saturated heterocycles. The minimum Gasteiger partial charge on any atom is -0.496 e. The van der Waals surface area contributed by atoms with Crippen LogP contribution < -0.4 is 15.7 Å². The van der Waals surface area contributed by atoms with Crippen LogP contribution in [0.5, 0.6) is 5.75 Å². The summed E-state index contributed by atoms with van der Waals surface area (Å²) >= 11 is 0. The molecule has 0 aliphatic rings. The van der Waals surface area contributed by atoms with Gasteiger partial charge in [0.05, 0.1) is 18.1 Å². The van der Waals surface area contributed by atoms with E-state index < -0.39 is 0 Å². The number of anilines is 1. The number of para-hydroxylation sites is 2. The Labute approximate surface area is 174 Å². The molecule has 1 heterocycles. The van der Waals surface area contributed by atoms with Crippen molar-refractivity contribution in [1.82, 2.24) is 9.13 Å². The fourth-order valence-corrected chi connectivity index (χ4v) is 3.67. The highest BCUT2D eigenvalue weighted by atomic mass is 16.5. The monoisotopic (exact) mass is 401 g/mol. The number of rotatable bonds is 6. The third-order valence-electron chi connectivity index (χ3n) is 5.15. The van der Waals surface area contributed by atoms with Crippen molar-refractivity contribution < 1.29 is 9.53 Å². The molecule has 4 rings (SSSR count). The smallest absolute Gasteiger partial charge is 0.329 e. The summed E-state index contributed by atoms with van der Waals surface area (Å²) in [4.78, 5) is 25.2. The second kappa shape index (κ2) is 8.29. The van der Waals surface area contributed by atoms with Crippen LogP contribution in [0.1, 0.15) is 11.1 Å². The Kier molecular flexibility index (Phi) is 5.39. The minimum atomic E-state index is -0.260. The zero-order valence-corrected chi connectivity index (χ0v) is 17.0. The van der Waals surface area contributed by atoms with Crippen LogP contribution in [0.3, 0.4) is 0 Å². The van der Waals surface area contributed by atoms with Crippen molar-refractivity contribution in [2.75, 3.05) is 12.4 Å². The molecule has 3 aromatic carbocycles. The number of aromatic nitrogens is 2. The van der Waals surface area contributed by atoms with Crippen molar-refractivity contribution in [3.05, 3.63) is 94.4 Å². The number of methoxy groups -OCH3 is 1. The molecular formula is C24H23N3O3. The van der Waals surface area contributed by atoms with Gasteiger partial charge in [0.15, 0.2) is 0 Å². The molecule has 0 saturated carbocycles. The van der Waals surface area contributed by atoms with Gasteiger partial charge in [0.2, 0.25) is 5.91 Å². The van der Waals surface area contributed by atoms with Crippen molar-refractivity contribution in [3.8, 4) is 5.75 Å². The van der Waals surface area contributed by atoms with Gasteiger partial charge >= 0.3 is 5.69 Å². The number of aryl methyl sites for hydroxylation is 1. The normalized spacial score (nSPS) is 10.9. The second-order valence-corrected chi connectivity index (χ2v) is 7.15. The molecule has 1 N–H and O–H groups in total. The van der Waals surface area contributed by atoms with E-state index in [0.29, 0.717) is 12.1 Å². The summed E-state index contributed by atoms with van der Waals surface area (Å²) in [5, 5.41) is 2.91. The van der Waals surface area contributed by atoms with Gasteiger partial charge in [-0.15, -0.1) is 0 Å². The van der Waals surface area contributed by atoms with Crippen LogP contribution in [0.2, 0.25) is 0 Å². The molecule has 0 fully saturated rings. The molecule has 0 bridgehead atoms. The first-order valence-electron chi connectivity index (χ1n) is 9.72. The maximum absolute atomic E-state index is 12.7. The third kappa shape index (κ3) is 3.85. The lowest BCUT2D eigenvalue weighted by Gasteiger charge is -2.12. The van der Waals surface area contributed by atoms with Crippen molar-refractivity contribution in [2.24, 2.45) is 7.05 Å². The Bertz CT molecular complexity index is 1260. The third-order valence-corrected chi connectivity index (χ3v) is 5.15. The van der Waals surface area contributed by atoms with E-state index in [1.54, 1.807) is 24.8 Å². The van der Waals surface area contributed by atoms with E-state index in [1.165, 1.54) is 4.57 Å². The predicted molar refractivity (Wildman–Crippen MR) is 118 cm³/mol. The largest absolute Gasteiger partial charge is 0.496 e. The van der Waals surface area contributed by atoms with Crippen LogP contribution in [0.4, 0.5) is 5.69 Å². The van der Waals surface area contributed by atoms with Crippen molar-refractivity contribution in [3.63, 3.8) is 0 Å². The van der Waals surface area contributed by atoms with Gasteiger partial charge in [-0.25, -0.2) is 4.79 Å². The zero-order chi connectivity index (χ0) is 21.1.